The number of nitrogen functional groups attached to an aromatic ring is 1. The van der Waals surface area contributed by atoms with E-state index in [1.54, 1.807) is 32.0 Å². The van der Waals surface area contributed by atoms with Crippen LogP contribution in [0.5, 0.6) is 0 Å². The van der Waals surface area contributed by atoms with E-state index >= 15 is 0 Å². The maximum Gasteiger partial charge on any atom is 0.361 e. The predicted molar refractivity (Wildman–Crippen MR) is 69.0 cm³/mol. The van der Waals surface area contributed by atoms with Crippen molar-refractivity contribution in [3.8, 4) is 0 Å². The molecule has 0 aliphatic carbocycles. The minimum absolute atomic E-state index is 0.323. The molecule has 0 bridgehead atoms. The highest BCUT2D eigenvalue weighted by atomic mass is 79.9. The van der Waals surface area contributed by atoms with E-state index in [0.29, 0.717) is 24.2 Å². The standard InChI is InChI=1S/C10H15BrNO3P/c1-3-14-16(13,15-4-2)10-6-8(11)5-9(12)7-10/h5-7H,3-4,12H2,1-2H3. The molecule has 16 heavy (non-hydrogen) atoms. The van der Waals surface area contributed by atoms with Gasteiger partial charge in [0.2, 0.25) is 0 Å². The van der Waals surface area contributed by atoms with E-state index in [-0.39, 0.29) is 0 Å². The summed E-state index contributed by atoms with van der Waals surface area (Å²) in [5.41, 5.74) is 6.20. The van der Waals surface area contributed by atoms with Crippen LogP contribution in [0.25, 0.3) is 0 Å². The maximum atomic E-state index is 12.4. The Balaban J connectivity index is 3.15. The van der Waals surface area contributed by atoms with Crippen LogP contribution in [0, 0.1) is 0 Å². The van der Waals surface area contributed by atoms with Crippen LogP contribution in [-0.4, -0.2) is 13.2 Å². The Kier molecular flexibility index (Phi) is 4.99. The van der Waals surface area contributed by atoms with Gasteiger partial charge in [0.15, 0.2) is 0 Å². The van der Waals surface area contributed by atoms with Gasteiger partial charge >= 0.3 is 7.60 Å². The fraction of sp³-hybridized carbons (Fsp3) is 0.400. The topological polar surface area (TPSA) is 61.5 Å². The van der Waals surface area contributed by atoms with Gasteiger partial charge in [-0.2, -0.15) is 0 Å². The minimum atomic E-state index is -3.24. The van der Waals surface area contributed by atoms with Gasteiger partial charge in [-0.25, -0.2) is 0 Å². The normalized spacial score (nSPS) is 11.7. The van der Waals surface area contributed by atoms with Crippen molar-refractivity contribution < 1.29 is 13.6 Å². The lowest BCUT2D eigenvalue weighted by Gasteiger charge is -2.17. The first-order valence-corrected chi connectivity index (χ1v) is 7.31. The third-order valence-corrected chi connectivity index (χ3v) is 4.36. The molecule has 0 amide bonds. The first kappa shape index (κ1) is 13.7. The molecule has 90 valence electrons. The van der Waals surface area contributed by atoms with Crippen LogP contribution >= 0.6 is 23.5 Å². The van der Waals surface area contributed by atoms with Crippen molar-refractivity contribution in [2.24, 2.45) is 0 Å². The molecule has 0 aliphatic heterocycles. The largest absolute Gasteiger partial charge is 0.399 e. The van der Waals surface area contributed by atoms with E-state index in [4.69, 9.17) is 14.8 Å². The zero-order valence-electron chi connectivity index (χ0n) is 9.27. The van der Waals surface area contributed by atoms with Gasteiger partial charge in [-0.15, -0.1) is 0 Å². The zero-order valence-corrected chi connectivity index (χ0v) is 11.8. The third-order valence-electron chi connectivity index (χ3n) is 1.82. The van der Waals surface area contributed by atoms with Gasteiger partial charge < -0.3 is 14.8 Å². The fourth-order valence-electron chi connectivity index (χ4n) is 1.28. The molecule has 0 aliphatic rings. The molecule has 2 N–H and O–H groups in total. The van der Waals surface area contributed by atoms with Gasteiger partial charge in [-0.1, -0.05) is 15.9 Å². The lowest BCUT2D eigenvalue weighted by atomic mass is 10.3. The average molecular weight is 308 g/mol. The molecule has 1 aromatic rings. The van der Waals surface area contributed by atoms with Gasteiger partial charge in [0.25, 0.3) is 0 Å². The quantitative estimate of drug-likeness (QED) is 0.671. The summed E-state index contributed by atoms with van der Waals surface area (Å²) in [7, 11) is -3.24. The van der Waals surface area contributed by atoms with E-state index in [2.05, 4.69) is 15.9 Å². The lowest BCUT2D eigenvalue weighted by molar-refractivity contribution is 0.230. The number of benzene rings is 1. The smallest absolute Gasteiger partial charge is 0.361 e. The number of halogens is 1. The molecule has 0 aromatic heterocycles. The molecule has 0 heterocycles. The summed E-state index contributed by atoms with van der Waals surface area (Å²) in [6.45, 7) is 4.19. The lowest BCUT2D eigenvalue weighted by Crippen LogP contribution is -2.11. The number of hydrogen-bond donors (Lipinski definition) is 1. The summed E-state index contributed by atoms with van der Waals surface area (Å²) in [6.07, 6.45) is 0. The van der Waals surface area contributed by atoms with E-state index in [0.717, 1.165) is 4.47 Å². The first-order valence-electron chi connectivity index (χ1n) is 4.97. The van der Waals surface area contributed by atoms with Crippen LogP contribution in [-0.2, 0) is 13.6 Å². The summed E-state index contributed by atoms with van der Waals surface area (Å²) in [5.74, 6) is 0. The highest BCUT2D eigenvalue weighted by molar-refractivity contribution is 9.10. The summed E-state index contributed by atoms with van der Waals surface area (Å²) in [4.78, 5) is 0. The summed E-state index contributed by atoms with van der Waals surface area (Å²) in [5, 5.41) is 0.475. The molecule has 0 saturated heterocycles. The Hall–Kier alpha value is -0.350. The van der Waals surface area contributed by atoms with Gasteiger partial charge in [0.05, 0.1) is 18.5 Å². The average Bonchev–Trinajstić information content (AvgIpc) is 2.16. The molecule has 0 atom stereocenters. The monoisotopic (exact) mass is 307 g/mol. The maximum absolute atomic E-state index is 12.4. The van der Waals surface area contributed by atoms with Crippen LogP contribution in [0.15, 0.2) is 22.7 Å². The molecule has 1 aromatic carbocycles. The van der Waals surface area contributed by atoms with Gasteiger partial charge in [0.1, 0.15) is 0 Å². The number of hydrogen-bond acceptors (Lipinski definition) is 4. The Morgan fingerprint density at radius 2 is 1.81 bits per heavy atom. The molecule has 0 radical (unpaired) electrons. The highest BCUT2D eigenvalue weighted by Crippen LogP contribution is 2.47. The summed E-state index contributed by atoms with van der Waals surface area (Å²) >= 11 is 3.30. The van der Waals surface area contributed by atoms with E-state index in [1.807, 2.05) is 0 Å². The first-order chi connectivity index (χ1) is 7.51. The second kappa shape index (κ2) is 5.82. The van der Waals surface area contributed by atoms with E-state index in [1.165, 1.54) is 0 Å². The van der Waals surface area contributed by atoms with Crippen molar-refractivity contribution in [3.05, 3.63) is 22.7 Å². The molecule has 0 unspecified atom stereocenters. The molecule has 1 rings (SSSR count). The molecule has 0 saturated carbocycles. The van der Waals surface area contributed by atoms with Gasteiger partial charge in [0, 0.05) is 10.2 Å². The van der Waals surface area contributed by atoms with Gasteiger partial charge in [-0.05, 0) is 32.0 Å². The van der Waals surface area contributed by atoms with Crippen molar-refractivity contribution in [2.45, 2.75) is 13.8 Å². The molecule has 4 nitrogen and oxygen atoms in total. The number of anilines is 1. The number of nitrogens with two attached hydrogens (primary N) is 1. The minimum Gasteiger partial charge on any atom is -0.399 e. The van der Waals surface area contributed by atoms with Crippen molar-refractivity contribution in [3.63, 3.8) is 0 Å². The Morgan fingerprint density at radius 3 is 2.25 bits per heavy atom. The van der Waals surface area contributed by atoms with Crippen molar-refractivity contribution in [1.29, 1.82) is 0 Å². The zero-order chi connectivity index (χ0) is 12.2. The second-order valence-corrected chi connectivity index (χ2v) is 6.02. The fourth-order valence-corrected chi connectivity index (χ4v) is 3.63. The van der Waals surface area contributed by atoms with Crippen LogP contribution in [0.3, 0.4) is 0 Å². The predicted octanol–water partition coefficient (Wildman–Crippen LogP) is 2.92. The SMILES string of the molecule is CCOP(=O)(OCC)c1cc(N)cc(Br)c1. The molecule has 6 heteroatoms. The second-order valence-electron chi connectivity index (χ2n) is 3.08. The van der Waals surface area contributed by atoms with Crippen LogP contribution in [0.1, 0.15) is 13.8 Å². The number of rotatable bonds is 5. The van der Waals surface area contributed by atoms with E-state index < -0.39 is 7.60 Å². The third kappa shape index (κ3) is 3.32. The van der Waals surface area contributed by atoms with Crippen LogP contribution in [0.2, 0.25) is 0 Å². The van der Waals surface area contributed by atoms with Gasteiger partial charge in [-0.3, -0.25) is 4.57 Å². The Morgan fingerprint density at radius 1 is 1.25 bits per heavy atom. The van der Waals surface area contributed by atoms with Crippen molar-refractivity contribution >= 4 is 34.5 Å². The van der Waals surface area contributed by atoms with Crippen molar-refractivity contribution in [1.82, 2.24) is 0 Å². The van der Waals surface area contributed by atoms with Crippen LogP contribution in [0.4, 0.5) is 5.69 Å². The molecular weight excluding hydrogens is 293 g/mol. The highest BCUT2D eigenvalue weighted by Gasteiger charge is 2.27. The summed E-state index contributed by atoms with van der Waals surface area (Å²) < 4.78 is 23.6. The molecule has 0 fully saturated rings. The Bertz CT molecular complexity index is 381. The van der Waals surface area contributed by atoms with E-state index in [9.17, 15) is 4.57 Å². The molecular formula is C10H15BrNO3P. The van der Waals surface area contributed by atoms with Crippen LogP contribution < -0.4 is 11.0 Å². The Labute approximate surface area is 104 Å². The summed E-state index contributed by atoms with van der Waals surface area (Å²) in [6, 6.07) is 5.03. The molecule has 0 spiro atoms. The van der Waals surface area contributed by atoms with Crippen molar-refractivity contribution in [2.75, 3.05) is 18.9 Å².